The highest BCUT2D eigenvalue weighted by molar-refractivity contribution is 6.33. The van der Waals surface area contributed by atoms with Gasteiger partial charge in [-0.25, -0.2) is 0 Å². The van der Waals surface area contributed by atoms with Crippen molar-refractivity contribution in [3.05, 3.63) is 81.3 Å². The van der Waals surface area contributed by atoms with Crippen molar-refractivity contribution in [1.82, 2.24) is 0 Å². The molecule has 3 rings (SSSR count). The zero-order valence-electron chi connectivity index (χ0n) is 17.2. The molecule has 5 nitrogen and oxygen atoms in total. The topological polar surface area (TPSA) is 60.0 Å². The quantitative estimate of drug-likeness (QED) is 0.373. The summed E-state index contributed by atoms with van der Waals surface area (Å²) in [6.07, 6.45) is -1.25. The molecule has 0 aliphatic rings. The van der Waals surface area contributed by atoms with Crippen LogP contribution >= 0.6 is 23.2 Å². The van der Waals surface area contributed by atoms with Crippen LogP contribution < -0.4 is 19.5 Å². The van der Waals surface area contributed by atoms with Gasteiger partial charge in [-0.2, -0.15) is 8.78 Å². The Kier molecular flexibility index (Phi) is 8.01. The zero-order chi connectivity index (χ0) is 23.3. The standard InChI is InChI=1S/C23H21Cl2F2NO4/c1-30-15-8-6-13(20(11-15)31-2)12-28-18-9-7-14(24)10-17(18)22(29)16-4-3-5-19(21(16)25)32-23(26)27/h3-11,22-23,28-29H,12H2,1-2H3. The highest BCUT2D eigenvalue weighted by atomic mass is 35.5. The average Bonchev–Trinajstić information content (AvgIpc) is 2.78. The van der Waals surface area contributed by atoms with Crippen LogP contribution in [-0.4, -0.2) is 25.9 Å². The number of alkyl halides is 2. The van der Waals surface area contributed by atoms with E-state index in [4.69, 9.17) is 32.7 Å². The summed E-state index contributed by atoms with van der Waals surface area (Å²) in [5.41, 5.74) is 2.06. The fraction of sp³-hybridized carbons (Fsp3) is 0.217. The summed E-state index contributed by atoms with van der Waals surface area (Å²) in [5, 5.41) is 14.6. The first-order valence-corrected chi connectivity index (χ1v) is 10.2. The number of methoxy groups -OCH3 is 2. The van der Waals surface area contributed by atoms with Crippen LogP contribution in [0.5, 0.6) is 17.2 Å². The number of ether oxygens (including phenoxy) is 3. The number of hydrogen-bond donors (Lipinski definition) is 2. The van der Waals surface area contributed by atoms with Crippen molar-refractivity contribution in [2.24, 2.45) is 0 Å². The first-order chi connectivity index (χ1) is 15.3. The van der Waals surface area contributed by atoms with Crippen molar-refractivity contribution in [2.75, 3.05) is 19.5 Å². The smallest absolute Gasteiger partial charge is 0.387 e. The van der Waals surface area contributed by atoms with Crippen LogP contribution in [-0.2, 0) is 6.54 Å². The molecule has 0 radical (unpaired) electrons. The Morgan fingerprint density at radius 2 is 1.72 bits per heavy atom. The number of aliphatic hydroxyl groups is 1. The minimum absolute atomic E-state index is 0.108. The van der Waals surface area contributed by atoms with E-state index < -0.39 is 12.7 Å². The van der Waals surface area contributed by atoms with Gasteiger partial charge in [-0.3, -0.25) is 0 Å². The molecule has 2 N–H and O–H groups in total. The second-order valence-electron chi connectivity index (χ2n) is 6.70. The Labute approximate surface area is 194 Å². The predicted molar refractivity (Wildman–Crippen MR) is 120 cm³/mol. The Hall–Kier alpha value is -2.74. The van der Waals surface area contributed by atoms with Crippen molar-refractivity contribution >= 4 is 28.9 Å². The summed E-state index contributed by atoms with van der Waals surface area (Å²) >= 11 is 12.4. The third-order valence-electron chi connectivity index (χ3n) is 4.78. The molecule has 0 fully saturated rings. The minimum Gasteiger partial charge on any atom is -0.497 e. The number of benzene rings is 3. The molecule has 0 amide bonds. The van der Waals surface area contributed by atoms with E-state index in [1.54, 1.807) is 38.5 Å². The molecule has 3 aromatic carbocycles. The Morgan fingerprint density at radius 3 is 2.41 bits per heavy atom. The molecule has 0 bridgehead atoms. The normalized spacial score (nSPS) is 11.9. The van der Waals surface area contributed by atoms with Crippen LogP contribution in [0.15, 0.2) is 54.6 Å². The lowest BCUT2D eigenvalue weighted by atomic mass is 9.99. The molecule has 0 aromatic heterocycles. The summed E-state index contributed by atoms with van der Waals surface area (Å²) in [6, 6.07) is 14.7. The molecule has 1 atom stereocenters. The molecule has 0 saturated carbocycles. The number of anilines is 1. The maximum atomic E-state index is 12.7. The molecular formula is C23H21Cl2F2NO4. The van der Waals surface area contributed by atoms with Crippen LogP contribution in [0.2, 0.25) is 10.0 Å². The van der Waals surface area contributed by atoms with Crippen LogP contribution in [0, 0.1) is 0 Å². The van der Waals surface area contributed by atoms with Gasteiger partial charge >= 0.3 is 6.61 Å². The molecule has 9 heteroatoms. The number of hydrogen-bond acceptors (Lipinski definition) is 5. The number of halogens is 4. The Bertz CT molecular complexity index is 1080. The largest absolute Gasteiger partial charge is 0.497 e. The fourth-order valence-corrected chi connectivity index (χ4v) is 3.66. The van der Waals surface area contributed by atoms with Gasteiger partial charge in [0, 0.05) is 40.0 Å². The van der Waals surface area contributed by atoms with Gasteiger partial charge in [0.25, 0.3) is 0 Å². The van der Waals surface area contributed by atoms with Gasteiger partial charge in [-0.15, -0.1) is 0 Å². The summed E-state index contributed by atoms with van der Waals surface area (Å²) in [6.45, 7) is -2.67. The van der Waals surface area contributed by atoms with E-state index in [1.807, 2.05) is 12.1 Å². The van der Waals surface area contributed by atoms with Crippen molar-refractivity contribution in [3.8, 4) is 17.2 Å². The van der Waals surface area contributed by atoms with Crippen molar-refractivity contribution in [1.29, 1.82) is 0 Å². The Morgan fingerprint density at radius 1 is 0.938 bits per heavy atom. The third-order valence-corrected chi connectivity index (χ3v) is 5.42. The lowest BCUT2D eigenvalue weighted by molar-refractivity contribution is -0.0499. The highest BCUT2D eigenvalue weighted by Gasteiger charge is 2.21. The molecule has 0 aliphatic heterocycles. The second kappa shape index (κ2) is 10.7. The van der Waals surface area contributed by atoms with Crippen molar-refractivity contribution < 1.29 is 28.1 Å². The van der Waals surface area contributed by atoms with Gasteiger partial charge in [-0.1, -0.05) is 35.3 Å². The average molecular weight is 484 g/mol. The monoisotopic (exact) mass is 483 g/mol. The van der Waals surface area contributed by atoms with Crippen molar-refractivity contribution in [3.63, 3.8) is 0 Å². The summed E-state index contributed by atoms with van der Waals surface area (Å²) < 4.78 is 40.4. The molecule has 0 aliphatic carbocycles. The second-order valence-corrected chi connectivity index (χ2v) is 7.52. The van der Waals surface area contributed by atoms with Gasteiger partial charge in [0.2, 0.25) is 0 Å². The highest BCUT2D eigenvalue weighted by Crippen LogP contribution is 2.38. The van der Waals surface area contributed by atoms with E-state index in [1.165, 1.54) is 18.2 Å². The van der Waals surface area contributed by atoms with Crippen LogP contribution in [0.25, 0.3) is 0 Å². The van der Waals surface area contributed by atoms with Gasteiger partial charge in [0.05, 0.1) is 19.2 Å². The van der Waals surface area contributed by atoms with E-state index >= 15 is 0 Å². The maximum Gasteiger partial charge on any atom is 0.387 e. The van der Waals surface area contributed by atoms with Crippen molar-refractivity contribution in [2.45, 2.75) is 19.3 Å². The van der Waals surface area contributed by atoms with E-state index in [-0.39, 0.29) is 16.3 Å². The van der Waals surface area contributed by atoms with Crippen LogP contribution in [0.1, 0.15) is 22.8 Å². The van der Waals surface area contributed by atoms with E-state index in [2.05, 4.69) is 10.1 Å². The minimum atomic E-state index is -3.04. The summed E-state index contributed by atoms with van der Waals surface area (Å²) in [7, 11) is 3.13. The van der Waals surface area contributed by atoms with Gasteiger partial charge in [0.1, 0.15) is 23.4 Å². The molecule has 32 heavy (non-hydrogen) atoms. The Balaban J connectivity index is 1.91. The van der Waals surface area contributed by atoms with Crippen LogP contribution in [0.4, 0.5) is 14.5 Å². The summed E-state index contributed by atoms with van der Waals surface area (Å²) in [4.78, 5) is 0. The summed E-state index contributed by atoms with van der Waals surface area (Å²) in [5.74, 6) is 1.07. The number of rotatable bonds is 9. The SMILES string of the molecule is COc1ccc(CNc2ccc(Cl)cc2C(O)c2cccc(OC(F)F)c2Cl)c(OC)c1. The van der Waals surface area contributed by atoms with Gasteiger partial charge < -0.3 is 24.6 Å². The number of aliphatic hydroxyl groups excluding tert-OH is 1. The first kappa shape index (κ1) is 23.9. The third kappa shape index (κ3) is 5.54. The van der Waals surface area contributed by atoms with E-state index in [9.17, 15) is 13.9 Å². The molecule has 170 valence electrons. The predicted octanol–water partition coefficient (Wildman–Crippen LogP) is 6.31. The fourth-order valence-electron chi connectivity index (χ4n) is 3.20. The first-order valence-electron chi connectivity index (χ1n) is 9.49. The van der Waals surface area contributed by atoms with E-state index in [0.29, 0.717) is 34.3 Å². The van der Waals surface area contributed by atoms with E-state index in [0.717, 1.165) is 5.56 Å². The lowest BCUT2D eigenvalue weighted by Gasteiger charge is -2.20. The molecule has 0 spiro atoms. The van der Waals surface area contributed by atoms with Gasteiger partial charge in [0.15, 0.2) is 0 Å². The number of nitrogens with one attached hydrogen (secondary N) is 1. The van der Waals surface area contributed by atoms with Gasteiger partial charge in [-0.05, 0) is 36.4 Å². The zero-order valence-corrected chi connectivity index (χ0v) is 18.8. The lowest BCUT2D eigenvalue weighted by Crippen LogP contribution is -2.09. The molecule has 0 heterocycles. The molecular weight excluding hydrogens is 463 g/mol. The molecule has 3 aromatic rings. The maximum absolute atomic E-state index is 12.7. The van der Waals surface area contributed by atoms with Crippen LogP contribution in [0.3, 0.4) is 0 Å². The molecule has 1 unspecified atom stereocenters. The molecule has 0 saturated heterocycles.